The maximum Gasteiger partial charge on any atom is 0.303 e. The molecule has 1 unspecified atom stereocenters. The van der Waals surface area contributed by atoms with Gasteiger partial charge in [-0.25, -0.2) is 0 Å². The van der Waals surface area contributed by atoms with E-state index >= 15 is 0 Å². The van der Waals surface area contributed by atoms with Crippen molar-refractivity contribution in [2.45, 2.75) is 25.3 Å². The number of para-hydroxylation sites is 1. The SMILES string of the molecule is O=C(O)CCC(=O)NCc1ccc(N=C(c2ccccc2)C2C(=O)Nc3ccccc32)cc1. The number of carboxylic acids is 1. The fourth-order valence-corrected chi connectivity index (χ4v) is 3.72. The van der Waals surface area contributed by atoms with Crippen LogP contribution in [0.15, 0.2) is 83.9 Å². The van der Waals surface area contributed by atoms with Crippen molar-refractivity contribution in [2.24, 2.45) is 4.99 Å². The number of nitrogens with zero attached hydrogens (tertiary/aromatic N) is 1. The predicted octanol–water partition coefficient (Wildman–Crippen LogP) is 4.02. The van der Waals surface area contributed by atoms with Crippen LogP contribution in [0.2, 0.25) is 0 Å². The summed E-state index contributed by atoms with van der Waals surface area (Å²) in [7, 11) is 0. The van der Waals surface area contributed by atoms with Gasteiger partial charge in [-0.3, -0.25) is 19.4 Å². The molecule has 1 heterocycles. The molecule has 7 heteroatoms. The van der Waals surface area contributed by atoms with E-state index < -0.39 is 11.9 Å². The Kier molecular flexibility index (Phi) is 6.59. The summed E-state index contributed by atoms with van der Waals surface area (Å²) in [5, 5.41) is 14.3. The Labute approximate surface area is 191 Å². The van der Waals surface area contributed by atoms with E-state index in [0.717, 1.165) is 22.4 Å². The lowest BCUT2D eigenvalue weighted by atomic mass is 9.90. The minimum absolute atomic E-state index is 0.0525. The van der Waals surface area contributed by atoms with Gasteiger partial charge in [0, 0.05) is 18.7 Å². The van der Waals surface area contributed by atoms with E-state index in [1.807, 2.05) is 78.9 Å². The second-order valence-corrected chi connectivity index (χ2v) is 7.71. The van der Waals surface area contributed by atoms with Gasteiger partial charge in [0.15, 0.2) is 0 Å². The highest BCUT2D eigenvalue weighted by Gasteiger charge is 2.35. The van der Waals surface area contributed by atoms with E-state index in [9.17, 15) is 14.4 Å². The van der Waals surface area contributed by atoms with E-state index in [-0.39, 0.29) is 24.7 Å². The summed E-state index contributed by atoms with van der Waals surface area (Å²) in [5.74, 6) is -1.94. The normalized spacial score (nSPS) is 15.0. The fourth-order valence-electron chi connectivity index (χ4n) is 3.72. The van der Waals surface area contributed by atoms with Crippen molar-refractivity contribution in [2.75, 3.05) is 5.32 Å². The van der Waals surface area contributed by atoms with Crippen molar-refractivity contribution < 1.29 is 19.5 Å². The molecule has 1 aliphatic rings. The number of hydrogen-bond acceptors (Lipinski definition) is 4. The molecule has 0 aliphatic carbocycles. The first-order valence-electron chi connectivity index (χ1n) is 10.6. The van der Waals surface area contributed by atoms with Crippen LogP contribution in [0.3, 0.4) is 0 Å². The van der Waals surface area contributed by atoms with Gasteiger partial charge in [-0.05, 0) is 34.9 Å². The maximum absolute atomic E-state index is 12.9. The lowest BCUT2D eigenvalue weighted by Gasteiger charge is -2.14. The summed E-state index contributed by atoms with van der Waals surface area (Å²) in [4.78, 5) is 40.0. The smallest absolute Gasteiger partial charge is 0.303 e. The molecule has 4 rings (SSSR count). The van der Waals surface area contributed by atoms with Crippen LogP contribution in [0.25, 0.3) is 0 Å². The second-order valence-electron chi connectivity index (χ2n) is 7.71. The molecular weight excluding hydrogens is 418 g/mol. The van der Waals surface area contributed by atoms with E-state index in [2.05, 4.69) is 10.6 Å². The molecule has 7 nitrogen and oxygen atoms in total. The molecule has 166 valence electrons. The highest BCUT2D eigenvalue weighted by atomic mass is 16.4. The number of benzene rings is 3. The van der Waals surface area contributed by atoms with Crippen LogP contribution < -0.4 is 10.6 Å². The van der Waals surface area contributed by atoms with Crippen LogP contribution >= 0.6 is 0 Å². The second kappa shape index (κ2) is 9.91. The zero-order valence-corrected chi connectivity index (χ0v) is 17.8. The van der Waals surface area contributed by atoms with Gasteiger partial charge in [0.05, 0.1) is 17.8 Å². The van der Waals surface area contributed by atoms with Crippen molar-refractivity contribution in [3.8, 4) is 0 Å². The molecule has 0 saturated carbocycles. The molecule has 2 amide bonds. The third kappa shape index (κ3) is 5.33. The number of fused-ring (bicyclic) bond motifs is 1. The quantitative estimate of drug-likeness (QED) is 0.459. The topological polar surface area (TPSA) is 108 Å². The van der Waals surface area contributed by atoms with Crippen molar-refractivity contribution in [3.63, 3.8) is 0 Å². The number of anilines is 1. The molecule has 0 radical (unpaired) electrons. The number of carboxylic acid groups (broad SMARTS) is 1. The summed E-state index contributed by atoms with van der Waals surface area (Å²) in [6.45, 7) is 0.298. The van der Waals surface area contributed by atoms with Gasteiger partial charge in [-0.1, -0.05) is 60.7 Å². The third-order valence-corrected chi connectivity index (χ3v) is 5.38. The summed E-state index contributed by atoms with van der Waals surface area (Å²) in [6.07, 6.45) is -0.247. The monoisotopic (exact) mass is 441 g/mol. The lowest BCUT2D eigenvalue weighted by Crippen LogP contribution is -2.23. The number of nitrogens with one attached hydrogen (secondary N) is 2. The molecule has 0 aromatic heterocycles. The van der Waals surface area contributed by atoms with Crippen molar-refractivity contribution in [1.82, 2.24) is 5.32 Å². The molecule has 3 N–H and O–H groups in total. The van der Waals surface area contributed by atoms with Crippen LogP contribution in [0, 0.1) is 0 Å². The lowest BCUT2D eigenvalue weighted by molar-refractivity contribution is -0.138. The van der Waals surface area contributed by atoms with Gasteiger partial charge in [0.2, 0.25) is 11.8 Å². The van der Waals surface area contributed by atoms with Crippen LogP contribution in [0.4, 0.5) is 11.4 Å². The Hall–Kier alpha value is -4.26. The van der Waals surface area contributed by atoms with Crippen molar-refractivity contribution >= 4 is 34.9 Å². The fraction of sp³-hybridized carbons (Fsp3) is 0.154. The molecule has 3 aromatic rings. The van der Waals surface area contributed by atoms with E-state index in [4.69, 9.17) is 10.1 Å². The molecule has 1 atom stereocenters. The Bertz CT molecular complexity index is 1200. The zero-order valence-electron chi connectivity index (χ0n) is 17.8. The van der Waals surface area contributed by atoms with Gasteiger partial charge >= 0.3 is 5.97 Å². The summed E-state index contributed by atoms with van der Waals surface area (Å²) >= 11 is 0. The Morgan fingerprint density at radius 3 is 2.33 bits per heavy atom. The molecular formula is C26H23N3O4. The highest BCUT2D eigenvalue weighted by molar-refractivity contribution is 6.24. The largest absolute Gasteiger partial charge is 0.481 e. The van der Waals surface area contributed by atoms with Gasteiger partial charge in [-0.15, -0.1) is 0 Å². The van der Waals surface area contributed by atoms with E-state index in [0.29, 0.717) is 17.9 Å². The molecule has 3 aromatic carbocycles. The average molecular weight is 441 g/mol. The molecule has 0 bridgehead atoms. The molecule has 1 aliphatic heterocycles. The first kappa shape index (κ1) is 22.0. The molecule has 33 heavy (non-hydrogen) atoms. The van der Waals surface area contributed by atoms with Gasteiger partial charge < -0.3 is 15.7 Å². The molecule has 0 saturated heterocycles. The molecule has 0 fully saturated rings. The van der Waals surface area contributed by atoms with E-state index in [1.165, 1.54) is 0 Å². The summed E-state index contributed by atoms with van der Waals surface area (Å²) in [6, 6.07) is 24.6. The minimum Gasteiger partial charge on any atom is -0.481 e. The number of hydrogen-bond donors (Lipinski definition) is 3. The first-order valence-corrected chi connectivity index (χ1v) is 10.6. The minimum atomic E-state index is -1.000. The van der Waals surface area contributed by atoms with Gasteiger partial charge in [-0.2, -0.15) is 0 Å². The average Bonchev–Trinajstić information content (AvgIpc) is 3.16. The predicted molar refractivity (Wildman–Crippen MR) is 126 cm³/mol. The number of aliphatic carboxylic acids is 1. The standard InChI is InChI=1S/C26H23N3O4/c30-22(14-15-23(31)32)27-16-17-10-12-19(13-11-17)28-25(18-6-2-1-3-7-18)24-20-8-4-5-9-21(20)29-26(24)33/h1-13,24H,14-16H2,(H,27,30)(H,29,33)(H,31,32). The van der Waals surface area contributed by atoms with E-state index in [1.54, 1.807) is 0 Å². The summed E-state index contributed by atoms with van der Waals surface area (Å²) < 4.78 is 0. The first-order chi connectivity index (χ1) is 16.0. The van der Waals surface area contributed by atoms with Crippen molar-refractivity contribution in [1.29, 1.82) is 0 Å². The summed E-state index contributed by atoms with van der Waals surface area (Å²) in [5.41, 5.74) is 4.77. The third-order valence-electron chi connectivity index (χ3n) is 5.38. The van der Waals surface area contributed by atoms with Crippen LogP contribution in [0.5, 0.6) is 0 Å². The Balaban J connectivity index is 1.57. The van der Waals surface area contributed by atoms with Crippen molar-refractivity contribution in [3.05, 3.63) is 95.6 Å². The van der Waals surface area contributed by atoms with Gasteiger partial charge in [0.25, 0.3) is 0 Å². The highest BCUT2D eigenvalue weighted by Crippen LogP contribution is 2.36. The molecule has 0 spiro atoms. The number of amides is 2. The number of rotatable bonds is 8. The zero-order chi connectivity index (χ0) is 23.2. The van der Waals surface area contributed by atoms with Crippen LogP contribution in [0.1, 0.15) is 35.4 Å². The number of aliphatic imine (C=N–C) groups is 1. The number of carbonyl (C=O) groups excluding carboxylic acids is 2. The Morgan fingerprint density at radius 1 is 0.909 bits per heavy atom. The van der Waals surface area contributed by atoms with Crippen LogP contribution in [-0.2, 0) is 20.9 Å². The van der Waals surface area contributed by atoms with Crippen LogP contribution in [-0.4, -0.2) is 28.6 Å². The Morgan fingerprint density at radius 2 is 1.61 bits per heavy atom. The maximum atomic E-state index is 12.9. The van der Waals surface area contributed by atoms with Gasteiger partial charge in [0.1, 0.15) is 5.92 Å². The number of carbonyl (C=O) groups is 3.